The third-order valence-electron chi connectivity index (χ3n) is 4.67. The van der Waals surface area contributed by atoms with Crippen LogP contribution >= 0.6 is 0 Å². The number of rotatable bonds is 2. The summed E-state index contributed by atoms with van der Waals surface area (Å²) in [6, 6.07) is 10.2. The first-order valence-electron chi connectivity index (χ1n) is 8.05. The number of hydrogen-bond donors (Lipinski definition) is 0. The molecule has 0 spiro atoms. The first kappa shape index (κ1) is 15.0. The molecule has 0 bridgehead atoms. The second kappa shape index (κ2) is 5.82. The third-order valence-corrected chi connectivity index (χ3v) is 4.67. The van der Waals surface area contributed by atoms with E-state index >= 15 is 0 Å². The second-order valence-corrected chi connectivity index (χ2v) is 6.35. The zero-order valence-electron chi connectivity index (χ0n) is 13.4. The molecule has 0 aliphatic carbocycles. The lowest BCUT2D eigenvalue weighted by molar-refractivity contribution is -0.133. The van der Waals surface area contributed by atoms with Gasteiger partial charge in [0.05, 0.1) is 6.42 Å². The fraction of sp³-hybridized carbons (Fsp3) is 0.316. The number of benzene rings is 2. The van der Waals surface area contributed by atoms with E-state index in [0.717, 1.165) is 29.0 Å². The van der Waals surface area contributed by atoms with E-state index in [9.17, 15) is 9.18 Å². The summed E-state index contributed by atoms with van der Waals surface area (Å²) in [4.78, 5) is 14.6. The number of halogens is 1. The summed E-state index contributed by atoms with van der Waals surface area (Å²) in [7, 11) is 0. The smallest absolute Gasteiger partial charge is 0.231 e. The second-order valence-electron chi connectivity index (χ2n) is 6.35. The van der Waals surface area contributed by atoms with Crippen LogP contribution < -0.4 is 9.47 Å². The van der Waals surface area contributed by atoms with Gasteiger partial charge in [-0.15, -0.1) is 0 Å². The molecule has 2 aromatic carbocycles. The fourth-order valence-corrected chi connectivity index (χ4v) is 3.34. The number of ether oxygens (including phenoxy) is 2. The molecule has 5 heteroatoms. The summed E-state index contributed by atoms with van der Waals surface area (Å²) in [6.45, 7) is 2.87. The van der Waals surface area contributed by atoms with Crippen LogP contribution in [0, 0.1) is 5.82 Å². The van der Waals surface area contributed by atoms with Crippen LogP contribution in [-0.2, 0) is 24.2 Å². The molecule has 0 fully saturated rings. The van der Waals surface area contributed by atoms with Crippen LogP contribution in [0.1, 0.15) is 23.6 Å². The zero-order valence-corrected chi connectivity index (χ0v) is 13.4. The van der Waals surface area contributed by atoms with Crippen molar-refractivity contribution in [1.29, 1.82) is 0 Å². The van der Waals surface area contributed by atoms with Gasteiger partial charge in [-0.2, -0.15) is 0 Å². The van der Waals surface area contributed by atoms with E-state index in [-0.39, 0.29) is 31.0 Å². The topological polar surface area (TPSA) is 38.8 Å². The van der Waals surface area contributed by atoms with E-state index in [2.05, 4.69) is 6.92 Å². The molecule has 2 aromatic rings. The summed E-state index contributed by atoms with van der Waals surface area (Å²) >= 11 is 0. The predicted octanol–water partition coefficient (Wildman–Crippen LogP) is 3.07. The van der Waals surface area contributed by atoms with Gasteiger partial charge in [0.1, 0.15) is 5.82 Å². The van der Waals surface area contributed by atoms with Gasteiger partial charge < -0.3 is 14.4 Å². The maximum atomic E-state index is 13.0. The normalized spacial score (nSPS) is 18.4. The highest BCUT2D eigenvalue weighted by molar-refractivity contribution is 5.79. The summed E-state index contributed by atoms with van der Waals surface area (Å²) < 4.78 is 23.9. The predicted molar refractivity (Wildman–Crippen MR) is 86.4 cm³/mol. The average Bonchev–Trinajstić information content (AvgIpc) is 3.01. The molecule has 0 aromatic heterocycles. The van der Waals surface area contributed by atoms with Crippen LogP contribution in [0.25, 0.3) is 0 Å². The van der Waals surface area contributed by atoms with Crippen LogP contribution in [-0.4, -0.2) is 23.6 Å². The van der Waals surface area contributed by atoms with Gasteiger partial charge in [-0.25, -0.2) is 4.39 Å². The molecule has 2 heterocycles. The standard InChI is InChI=1S/C19H18FNO3/c1-12-6-14-8-17-18(24-11-23-17)9-15(14)10-21(12)19(22)7-13-2-4-16(20)5-3-13/h2-5,8-9,12H,6-7,10-11H2,1H3. The first-order valence-corrected chi connectivity index (χ1v) is 8.05. The van der Waals surface area contributed by atoms with Crippen molar-refractivity contribution in [2.45, 2.75) is 32.4 Å². The Bertz CT molecular complexity index is 788. The van der Waals surface area contributed by atoms with E-state index in [1.54, 1.807) is 12.1 Å². The number of carbonyl (C=O) groups excluding carboxylic acids is 1. The minimum Gasteiger partial charge on any atom is -0.454 e. The van der Waals surface area contributed by atoms with Crippen molar-refractivity contribution in [3.63, 3.8) is 0 Å². The lowest BCUT2D eigenvalue weighted by Gasteiger charge is -2.35. The number of fused-ring (bicyclic) bond motifs is 2. The van der Waals surface area contributed by atoms with Gasteiger partial charge in [-0.05, 0) is 54.3 Å². The molecule has 124 valence electrons. The van der Waals surface area contributed by atoms with Crippen molar-refractivity contribution in [2.24, 2.45) is 0 Å². The van der Waals surface area contributed by atoms with Gasteiger partial charge in [-0.1, -0.05) is 12.1 Å². The Morgan fingerprint density at radius 3 is 2.54 bits per heavy atom. The zero-order chi connectivity index (χ0) is 16.7. The molecular weight excluding hydrogens is 309 g/mol. The lowest BCUT2D eigenvalue weighted by atomic mass is 9.93. The van der Waals surface area contributed by atoms with Crippen LogP contribution in [0.2, 0.25) is 0 Å². The van der Waals surface area contributed by atoms with Crippen molar-refractivity contribution in [2.75, 3.05) is 6.79 Å². The highest BCUT2D eigenvalue weighted by Gasteiger charge is 2.29. The Morgan fingerprint density at radius 2 is 1.83 bits per heavy atom. The van der Waals surface area contributed by atoms with Gasteiger partial charge in [-0.3, -0.25) is 4.79 Å². The number of nitrogens with zero attached hydrogens (tertiary/aromatic N) is 1. The molecule has 2 aliphatic heterocycles. The van der Waals surface area contributed by atoms with Crippen molar-refractivity contribution in [3.8, 4) is 11.5 Å². The molecule has 1 amide bonds. The third kappa shape index (κ3) is 2.70. The molecule has 0 saturated carbocycles. The van der Waals surface area contributed by atoms with Crippen LogP contribution in [0.3, 0.4) is 0 Å². The maximum Gasteiger partial charge on any atom is 0.231 e. The molecule has 4 rings (SSSR count). The molecule has 1 unspecified atom stereocenters. The van der Waals surface area contributed by atoms with Gasteiger partial charge in [0.2, 0.25) is 12.7 Å². The van der Waals surface area contributed by atoms with E-state index in [1.165, 1.54) is 17.7 Å². The number of carbonyl (C=O) groups is 1. The summed E-state index contributed by atoms with van der Waals surface area (Å²) in [5.74, 6) is 1.29. The van der Waals surface area contributed by atoms with Gasteiger partial charge in [0, 0.05) is 12.6 Å². The Hall–Kier alpha value is -2.56. The van der Waals surface area contributed by atoms with Crippen molar-refractivity contribution < 1.29 is 18.7 Å². The molecule has 24 heavy (non-hydrogen) atoms. The molecule has 0 N–H and O–H groups in total. The summed E-state index contributed by atoms with van der Waals surface area (Å²) in [6.07, 6.45) is 1.08. The molecule has 4 nitrogen and oxygen atoms in total. The number of amides is 1. The number of hydrogen-bond acceptors (Lipinski definition) is 3. The Morgan fingerprint density at radius 1 is 1.17 bits per heavy atom. The minimum absolute atomic E-state index is 0.0532. The van der Waals surface area contributed by atoms with Gasteiger partial charge in [0.15, 0.2) is 11.5 Å². The van der Waals surface area contributed by atoms with E-state index in [4.69, 9.17) is 9.47 Å². The Kier molecular flexibility index (Phi) is 3.63. The fourth-order valence-electron chi connectivity index (χ4n) is 3.34. The average molecular weight is 327 g/mol. The largest absolute Gasteiger partial charge is 0.454 e. The van der Waals surface area contributed by atoms with Crippen LogP contribution in [0.15, 0.2) is 36.4 Å². The van der Waals surface area contributed by atoms with Crippen LogP contribution in [0.5, 0.6) is 11.5 Å². The van der Waals surface area contributed by atoms with E-state index in [0.29, 0.717) is 6.54 Å². The van der Waals surface area contributed by atoms with Crippen molar-refractivity contribution >= 4 is 5.91 Å². The van der Waals surface area contributed by atoms with E-state index in [1.807, 2.05) is 17.0 Å². The summed E-state index contributed by atoms with van der Waals surface area (Å²) in [5.41, 5.74) is 3.13. The molecular formula is C19H18FNO3. The molecule has 0 radical (unpaired) electrons. The van der Waals surface area contributed by atoms with Crippen molar-refractivity contribution in [3.05, 3.63) is 58.9 Å². The Labute approximate surface area is 139 Å². The van der Waals surface area contributed by atoms with E-state index < -0.39 is 0 Å². The van der Waals surface area contributed by atoms with Crippen LogP contribution in [0.4, 0.5) is 4.39 Å². The Balaban J connectivity index is 1.54. The maximum absolute atomic E-state index is 13.0. The van der Waals surface area contributed by atoms with Crippen molar-refractivity contribution in [1.82, 2.24) is 4.90 Å². The monoisotopic (exact) mass is 327 g/mol. The SMILES string of the molecule is CC1Cc2cc3c(cc2CN1C(=O)Cc1ccc(F)cc1)OCO3. The minimum atomic E-state index is -0.289. The highest BCUT2D eigenvalue weighted by atomic mass is 19.1. The van der Waals surface area contributed by atoms with Gasteiger partial charge in [0.25, 0.3) is 0 Å². The lowest BCUT2D eigenvalue weighted by Crippen LogP contribution is -2.43. The molecule has 1 atom stereocenters. The summed E-state index contributed by atoms with van der Waals surface area (Å²) in [5, 5.41) is 0. The quantitative estimate of drug-likeness (QED) is 0.851. The molecule has 2 aliphatic rings. The first-order chi connectivity index (χ1) is 11.6. The van der Waals surface area contributed by atoms with Gasteiger partial charge >= 0.3 is 0 Å². The molecule has 0 saturated heterocycles. The highest BCUT2D eigenvalue weighted by Crippen LogP contribution is 2.37.